The molecule has 0 radical (unpaired) electrons. The fraction of sp³-hybridized carbons (Fsp3) is 0.143. The van der Waals surface area contributed by atoms with Gasteiger partial charge >= 0.3 is 29.6 Å². The van der Waals surface area contributed by atoms with E-state index in [-0.39, 0.29) is 39.3 Å². The zero-order valence-electron chi connectivity index (χ0n) is 11.6. The van der Waals surface area contributed by atoms with Crippen molar-refractivity contribution in [1.29, 1.82) is 0 Å². The first-order valence-electron chi connectivity index (χ1n) is 6.13. The summed E-state index contributed by atoms with van der Waals surface area (Å²) in [6.45, 7) is 3.62. The van der Waals surface area contributed by atoms with Crippen LogP contribution in [0.25, 0.3) is 0 Å². The molecule has 22 heavy (non-hydrogen) atoms. The summed E-state index contributed by atoms with van der Waals surface area (Å²) in [5, 5.41) is 0. The van der Waals surface area contributed by atoms with Gasteiger partial charge in [-0.3, -0.25) is 0 Å². The molecule has 2 aromatic carbocycles. The van der Waals surface area contributed by atoms with Gasteiger partial charge in [-0.15, -0.1) is 4.13 Å². The zero-order valence-corrected chi connectivity index (χ0v) is 13.2. The van der Waals surface area contributed by atoms with E-state index in [1.165, 1.54) is 24.3 Å². The Hall–Kier alpha value is -0.700. The minimum atomic E-state index is -4.13. The second-order valence-corrected chi connectivity index (χ2v) is 8.34. The summed E-state index contributed by atoms with van der Waals surface area (Å²) in [5.41, 5.74) is 1.77. The molecule has 2 rings (SSSR count). The van der Waals surface area contributed by atoms with E-state index in [1.807, 2.05) is 13.8 Å². The van der Waals surface area contributed by atoms with Gasteiger partial charge in [-0.1, -0.05) is 35.4 Å². The molecule has 0 aliphatic rings. The molecule has 0 heterocycles. The van der Waals surface area contributed by atoms with Crippen molar-refractivity contribution in [3.63, 3.8) is 0 Å². The monoisotopic (exact) mass is 349 g/mol. The van der Waals surface area contributed by atoms with Crippen LogP contribution in [0.2, 0.25) is 0 Å². The van der Waals surface area contributed by atoms with Crippen molar-refractivity contribution < 1.29 is 16.8 Å². The van der Waals surface area contributed by atoms with E-state index < -0.39 is 20.0 Å². The summed E-state index contributed by atoms with van der Waals surface area (Å²) in [7, 11) is -8.26. The molecule has 0 saturated heterocycles. The number of hydrogen-bond donors (Lipinski definition) is 1. The van der Waals surface area contributed by atoms with Gasteiger partial charge in [0.05, 0.1) is 9.79 Å². The van der Waals surface area contributed by atoms with Crippen molar-refractivity contribution in [1.82, 2.24) is 4.13 Å². The molecule has 0 saturated carbocycles. The Balaban J connectivity index is 0.00000242. The van der Waals surface area contributed by atoms with E-state index in [9.17, 15) is 16.8 Å². The van der Waals surface area contributed by atoms with Crippen LogP contribution in [0.3, 0.4) is 0 Å². The van der Waals surface area contributed by atoms with Crippen molar-refractivity contribution in [2.75, 3.05) is 0 Å². The number of nitrogens with one attached hydrogen (secondary N) is 1. The Labute approximate surface area is 153 Å². The van der Waals surface area contributed by atoms with Gasteiger partial charge < -0.3 is 0 Å². The number of rotatable bonds is 4. The maximum absolute atomic E-state index is 12.1. The third-order valence-electron chi connectivity index (χ3n) is 2.88. The van der Waals surface area contributed by atoms with Crippen molar-refractivity contribution in [2.24, 2.45) is 0 Å². The van der Waals surface area contributed by atoms with Crippen LogP contribution < -0.4 is 4.13 Å². The topological polar surface area (TPSA) is 80.3 Å². The summed E-state index contributed by atoms with van der Waals surface area (Å²) in [5.74, 6) is 0. The molecule has 2 aromatic rings. The number of sulfonamides is 2. The SMILES string of the molecule is Cc1ccc(S(=O)(=O)NS(=O)(=O)c2ccc(C)cc2)cc1.[NaH]. The molecule has 8 heteroatoms. The summed E-state index contributed by atoms with van der Waals surface area (Å²) >= 11 is 0. The standard InChI is InChI=1S/C14H15NO4S2.Na.H/c1-11-3-7-13(8-4-11)20(16,17)15-21(18,19)14-9-5-12(2)6-10-14;;/h3-10,15H,1-2H3;;. The van der Waals surface area contributed by atoms with E-state index in [4.69, 9.17) is 0 Å². The Morgan fingerprint density at radius 1 is 0.636 bits per heavy atom. The Morgan fingerprint density at radius 3 is 1.18 bits per heavy atom. The molecule has 0 fully saturated rings. The normalized spacial score (nSPS) is 11.7. The van der Waals surface area contributed by atoms with Crippen molar-refractivity contribution in [2.45, 2.75) is 23.6 Å². The molecule has 0 atom stereocenters. The van der Waals surface area contributed by atoms with Crippen molar-refractivity contribution in [3.8, 4) is 0 Å². The summed E-state index contributed by atoms with van der Waals surface area (Å²) in [6, 6.07) is 11.9. The van der Waals surface area contributed by atoms with Crippen LogP contribution >= 0.6 is 0 Å². The van der Waals surface area contributed by atoms with E-state index in [0.717, 1.165) is 11.1 Å². The fourth-order valence-electron chi connectivity index (χ4n) is 1.68. The molecular formula is C14H16NNaO4S2. The second kappa shape index (κ2) is 7.25. The average Bonchev–Trinajstić information content (AvgIpc) is 2.38. The van der Waals surface area contributed by atoms with Crippen LogP contribution in [0.15, 0.2) is 58.3 Å². The van der Waals surface area contributed by atoms with Crippen molar-refractivity contribution in [3.05, 3.63) is 59.7 Å². The average molecular weight is 349 g/mol. The van der Waals surface area contributed by atoms with Gasteiger partial charge in [0, 0.05) is 0 Å². The predicted molar refractivity (Wildman–Crippen MR) is 87.0 cm³/mol. The zero-order chi connectivity index (χ0) is 15.7. The van der Waals surface area contributed by atoms with Gasteiger partial charge in [-0.05, 0) is 38.1 Å². The van der Waals surface area contributed by atoms with Gasteiger partial charge in [-0.2, -0.15) is 0 Å². The predicted octanol–water partition coefficient (Wildman–Crippen LogP) is 1.32. The Bertz CT molecular complexity index is 769. The van der Waals surface area contributed by atoms with E-state index >= 15 is 0 Å². The summed E-state index contributed by atoms with van der Waals surface area (Å²) in [6.07, 6.45) is 0. The summed E-state index contributed by atoms with van der Waals surface area (Å²) in [4.78, 5) is -0.187. The van der Waals surface area contributed by atoms with Crippen LogP contribution in [0, 0.1) is 13.8 Å². The molecule has 0 aliphatic carbocycles. The van der Waals surface area contributed by atoms with Gasteiger partial charge in [0.1, 0.15) is 0 Å². The Kier molecular flexibility index (Phi) is 6.37. The third kappa shape index (κ3) is 4.65. The molecule has 0 aliphatic heterocycles. The van der Waals surface area contributed by atoms with Crippen LogP contribution in [-0.4, -0.2) is 46.4 Å². The number of benzene rings is 2. The number of aryl methyl sites for hydroxylation is 2. The van der Waals surface area contributed by atoms with Gasteiger partial charge in [0.15, 0.2) is 0 Å². The van der Waals surface area contributed by atoms with E-state index in [1.54, 1.807) is 28.4 Å². The van der Waals surface area contributed by atoms with Gasteiger partial charge in [0.2, 0.25) is 0 Å². The first-order chi connectivity index (χ1) is 9.71. The van der Waals surface area contributed by atoms with Crippen LogP contribution in [0.1, 0.15) is 11.1 Å². The Morgan fingerprint density at radius 2 is 0.909 bits per heavy atom. The van der Waals surface area contributed by atoms with Crippen molar-refractivity contribution >= 4 is 49.6 Å². The second-order valence-electron chi connectivity index (χ2n) is 4.72. The minimum absolute atomic E-state index is 0. The van der Waals surface area contributed by atoms with Crippen LogP contribution in [0.4, 0.5) is 0 Å². The van der Waals surface area contributed by atoms with Gasteiger partial charge in [0.25, 0.3) is 20.0 Å². The summed E-state index contributed by atoms with van der Waals surface area (Å²) < 4.78 is 50.2. The maximum atomic E-state index is 12.1. The van der Waals surface area contributed by atoms with E-state index in [2.05, 4.69) is 0 Å². The van der Waals surface area contributed by atoms with E-state index in [0.29, 0.717) is 0 Å². The molecule has 0 unspecified atom stereocenters. The number of hydrogen-bond acceptors (Lipinski definition) is 4. The molecule has 0 aromatic heterocycles. The van der Waals surface area contributed by atoms with Crippen LogP contribution in [-0.2, 0) is 20.0 Å². The molecule has 0 amide bonds. The fourth-order valence-corrected chi connectivity index (χ4v) is 4.59. The molecule has 1 N–H and O–H groups in total. The first kappa shape index (κ1) is 19.3. The molecular weight excluding hydrogens is 333 g/mol. The molecule has 0 bridgehead atoms. The molecule has 114 valence electrons. The first-order valence-corrected chi connectivity index (χ1v) is 9.09. The van der Waals surface area contributed by atoms with Gasteiger partial charge in [-0.25, -0.2) is 16.8 Å². The quantitative estimate of drug-likeness (QED) is 0.845. The third-order valence-corrected chi connectivity index (χ3v) is 6.42. The molecule has 5 nitrogen and oxygen atoms in total. The van der Waals surface area contributed by atoms with Crippen LogP contribution in [0.5, 0.6) is 0 Å². The molecule has 0 spiro atoms.